The van der Waals surface area contributed by atoms with E-state index in [1.165, 1.54) is 28.9 Å². The van der Waals surface area contributed by atoms with Crippen LogP contribution in [-0.4, -0.2) is 5.78 Å². The van der Waals surface area contributed by atoms with Gasteiger partial charge in [-0.25, -0.2) is 4.39 Å². The minimum absolute atomic E-state index is 0.0449. The van der Waals surface area contributed by atoms with Crippen molar-refractivity contribution in [2.24, 2.45) is 11.3 Å². The number of carbonyl (C=O) groups excluding carboxylic acids is 1. The van der Waals surface area contributed by atoms with Crippen LogP contribution in [0.25, 0.3) is 5.57 Å². The smallest absolute Gasteiger partial charge is 0.134 e. The lowest BCUT2D eigenvalue weighted by Gasteiger charge is -2.28. The van der Waals surface area contributed by atoms with Gasteiger partial charge in [0.25, 0.3) is 0 Å². The molecule has 2 aromatic carbocycles. The Morgan fingerprint density at radius 2 is 1.48 bits per heavy atom. The number of hydrogen-bond acceptors (Lipinski definition) is 1. The van der Waals surface area contributed by atoms with Crippen LogP contribution in [-0.2, 0) is 4.79 Å². The van der Waals surface area contributed by atoms with E-state index < -0.39 is 0 Å². The topological polar surface area (TPSA) is 17.1 Å². The van der Waals surface area contributed by atoms with Crippen molar-refractivity contribution in [2.45, 2.75) is 41.0 Å². The third kappa shape index (κ3) is 3.53. The number of rotatable bonds is 3. The van der Waals surface area contributed by atoms with Crippen LogP contribution in [0, 0.1) is 17.2 Å². The quantitative estimate of drug-likeness (QED) is 0.601. The first kappa shape index (κ1) is 19.3. The van der Waals surface area contributed by atoms with Crippen LogP contribution in [0.4, 0.5) is 4.39 Å². The number of carbonyl (C=O) groups is 1. The molecule has 0 amide bonds. The highest BCUT2D eigenvalue weighted by atomic mass is 19.1. The molecule has 0 radical (unpaired) electrons. The molecule has 1 aliphatic rings. The molecule has 0 N–H and O–H groups in total. The Morgan fingerprint density at radius 3 is 2.00 bits per heavy atom. The molecular weight excluding hydrogens is 335 g/mol. The van der Waals surface area contributed by atoms with Gasteiger partial charge in [0.2, 0.25) is 0 Å². The summed E-state index contributed by atoms with van der Waals surface area (Å²) in [6.45, 7) is 10.3. The molecule has 140 valence electrons. The molecule has 0 saturated heterocycles. The monoisotopic (exact) mass is 362 g/mol. The van der Waals surface area contributed by atoms with E-state index in [4.69, 9.17) is 0 Å². The molecule has 2 aromatic rings. The fourth-order valence-electron chi connectivity index (χ4n) is 4.69. The average molecular weight is 362 g/mol. The van der Waals surface area contributed by atoms with Gasteiger partial charge >= 0.3 is 0 Å². The van der Waals surface area contributed by atoms with E-state index in [1.807, 2.05) is 30.3 Å². The zero-order valence-electron chi connectivity index (χ0n) is 16.8. The second-order valence-corrected chi connectivity index (χ2v) is 8.19. The third-order valence-electron chi connectivity index (χ3n) is 5.71. The minimum atomic E-state index is -0.244. The molecule has 2 heteroatoms. The van der Waals surface area contributed by atoms with Gasteiger partial charge in [0, 0.05) is 5.92 Å². The molecule has 0 spiro atoms. The Bertz CT molecular complexity index is 911. The number of halogens is 1. The molecule has 27 heavy (non-hydrogen) atoms. The van der Waals surface area contributed by atoms with Crippen molar-refractivity contribution >= 4 is 11.4 Å². The van der Waals surface area contributed by atoms with Gasteiger partial charge in [-0.15, -0.1) is 0 Å². The number of benzene rings is 2. The summed E-state index contributed by atoms with van der Waals surface area (Å²) in [5.41, 5.74) is 6.65. The standard InChI is InChI=1S/C25H27FO/c1-16(2)24-21(15-22(17(3)27)25(24,4)5)23(18-9-7-6-8-10-18)19-11-13-20(26)14-12-19/h6-14,22H,15H2,1-5H3/b23-21+. The fourth-order valence-corrected chi connectivity index (χ4v) is 4.69. The molecule has 0 heterocycles. The third-order valence-corrected chi connectivity index (χ3v) is 5.71. The van der Waals surface area contributed by atoms with Crippen molar-refractivity contribution in [1.82, 2.24) is 0 Å². The van der Waals surface area contributed by atoms with Gasteiger partial charge in [0.1, 0.15) is 11.6 Å². The first-order chi connectivity index (χ1) is 12.7. The maximum atomic E-state index is 13.6. The van der Waals surface area contributed by atoms with Gasteiger partial charge in [0.05, 0.1) is 0 Å². The highest BCUT2D eigenvalue weighted by molar-refractivity contribution is 5.89. The second-order valence-electron chi connectivity index (χ2n) is 8.19. The van der Waals surface area contributed by atoms with E-state index in [-0.39, 0.29) is 22.9 Å². The highest BCUT2D eigenvalue weighted by Crippen LogP contribution is 2.54. The van der Waals surface area contributed by atoms with Crippen molar-refractivity contribution in [3.63, 3.8) is 0 Å². The number of Topliss-reactive ketones (excluding diaryl/α,β-unsaturated/α-hetero) is 1. The molecule has 1 nitrogen and oxygen atoms in total. The minimum Gasteiger partial charge on any atom is -0.300 e. The predicted molar refractivity (Wildman–Crippen MR) is 110 cm³/mol. The SMILES string of the molecule is CC(=O)C1C/C(=C(/c2ccccc2)c2ccc(F)cc2)C(=C(C)C)C1(C)C. The summed E-state index contributed by atoms with van der Waals surface area (Å²) < 4.78 is 13.6. The Morgan fingerprint density at radius 1 is 0.926 bits per heavy atom. The largest absolute Gasteiger partial charge is 0.300 e. The average Bonchev–Trinajstić information content (AvgIpc) is 2.89. The first-order valence-electron chi connectivity index (χ1n) is 9.46. The summed E-state index contributed by atoms with van der Waals surface area (Å²) in [6, 6.07) is 16.9. The van der Waals surface area contributed by atoms with Crippen molar-refractivity contribution in [3.8, 4) is 0 Å². The van der Waals surface area contributed by atoms with E-state index in [2.05, 4.69) is 39.8 Å². The molecule has 1 aliphatic carbocycles. The van der Waals surface area contributed by atoms with Gasteiger partial charge in [-0.05, 0) is 72.6 Å². The molecule has 0 bridgehead atoms. The normalized spacial score (nSPS) is 20.5. The summed E-state index contributed by atoms with van der Waals surface area (Å²) in [5, 5.41) is 0. The molecule has 0 aliphatic heterocycles. The van der Waals surface area contributed by atoms with E-state index in [0.717, 1.165) is 16.7 Å². The van der Waals surface area contributed by atoms with Crippen LogP contribution < -0.4 is 0 Å². The summed E-state index contributed by atoms with van der Waals surface area (Å²) in [4.78, 5) is 12.4. The van der Waals surface area contributed by atoms with Crippen molar-refractivity contribution < 1.29 is 9.18 Å². The van der Waals surface area contributed by atoms with Crippen molar-refractivity contribution in [2.75, 3.05) is 0 Å². The van der Waals surface area contributed by atoms with E-state index in [0.29, 0.717) is 6.42 Å². The Balaban J connectivity index is 2.35. The molecule has 3 rings (SSSR count). The Kier molecular flexibility index (Phi) is 5.19. The van der Waals surface area contributed by atoms with Crippen LogP contribution >= 0.6 is 0 Å². The van der Waals surface area contributed by atoms with Crippen molar-refractivity contribution in [1.29, 1.82) is 0 Å². The highest BCUT2D eigenvalue weighted by Gasteiger charge is 2.45. The fraction of sp³-hybridized carbons (Fsp3) is 0.320. The van der Waals surface area contributed by atoms with Crippen LogP contribution in [0.2, 0.25) is 0 Å². The lowest BCUT2D eigenvalue weighted by atomic mass is 9.75. The first-order valence-corrected chi connectivity index (χ1v) is 9.46. The zero-order valence-corrected chi connectivity index (χ0v) is 16.8. The molecular formula is C25H27FO. The predicted octanol–water partition coefficient (Wildman–Crippen LogP) is 6.60. The molecule has 0 aromatic heterocycles. The van der Waals surface area contributed by atoms with Crippen LogP contribution in [0.15, 0.2) is 71.3 Å². The van der Waals surface area contributed by atoms with Gasteiger partial charge in [0.15, 0.2) is 0 Å². The van der Waals surface area contributed by atoms with Gasteiger partial charge in [-0.2, -0.15) is 0 Å². The van der Waals surface area contributed by atoms with Gasteiger partial charge in [-0.3, -0.25) is 4.79 Å². The van der Waals surface area contributed by atoms with E-state index in [1.54, 1.807) is 6.92 Å². The second kappa shape index (κ2) is 7.26. The zero-order chi connectivity index (χ0) is 19.8. The van der Waals surface area contributed by atoms with Gasteiger partial charge in [-0.1, -0.05) is 61.9 Å². The van der Waals surface area contributed by atoms with E-state index in [9.17, 15) is 9.18 Å². The van der Waals surface area contributed by atoms with Crippen LogP contribution in [0.5, 0.6) is 0 Å². The number of hydrogen-bond donors (Lipinski definition) is 0. The number of allylic oxidation sites excluding steroid dienone is 3. The van der Waals surface area contributed by atoms with Crippen LogP contribution in [0.1, 0.15) is 52.2 Å². The van der Waals surface area contributed by atoms with E-state index >= 15 is 0 Å². The molecule has 1 saturated carbocycles. The molecule has 1 unspecified atom stereocenters. The van der Waals surface area contributed by atoms with Crippen LogP contribution in [0.3, 0.4) is 0 Å². The maximum absolute atomic E-state index is 13.6. The Labute approximate surface area is 161 Å². The summed E-state index contributed by atoms with van der Waals surface area (Å²) in [5.74, 6) is -0.0659. The Hall–Kier alpha value is -2.48. The summed E-state index contributed by atoms with van der Waals surface area (Å²) >= 11 is 0. The maximum Gasteiger partial charge on any atom is 0.134 e. The van der Waals surface area contributed by atoms with Crippen molar-refractivity contribution in [3.05, 3.63) is 88.3 Å². The molecule has 1 atom stereocenters. The molecule has 1 fully saturated rings. The number of ketones is 1. The lowest BCUT2D eigenvalue weighted by molar-refractivity contribution is -0.122. The lowest BCUT2D eigenvalue weighted by Crippen LogP contribution is -2.25. The summed E-state index contributed by atoms with van der Waals surface area (Å²) in [6.07, 6.45) is 0.713. The summed E-state index contributed by atoms with van der Waals surface area (Å²) in [7, 11) is 0. The van der Waals surface area contributed by atoms with Gasteiger partial charge < -0.3 is 0 Å².